The molecule has 362 valence electrons. The maximum absolute atomic E-state index is 12.8. The quantitative estimate of drug-likeness (QED) is 0.0197. The predicted octanol–water partition coefficient (Wildman–Crippen LogP) is 13.4. The SMILES string of the molecule is CC/C=C/C/C=C/C/C=C/CCCCCCCCCCCCCC(=O)OCC(COCCC(C(=O)[O-])[N+](C)(C)C)OC(=O)CCCCCCC/C=C/C=C/C=C/CCCCCCC. The molecule has 0 spiro atoms. The Balaban J connectivity index is 4.29. The second-order valence-electron chi connectivity index (χ2n) is 18.1. The summed E-state index contributed by atoms with van der Waals surface area (Å²) >= 11 is 0. The molecule has 63 heavy (non-hydrogen) atoms. The number of esters is 2. The molecule has 0 aromatic carbocycles. The lowest BCUT2D eigenvalue weighted by Gasteiger charge is -2.34. The Kier molecular flexibility index (Phi) is 43.0. The van der Waals surface area contributed by atoms with Gasteiger partial charge in [0.25, 0.3) is 0 Å². The first-order chi connectivity index (χ1) is 30.6. The van der Waals surface area contributed by atoms with Crippen molar-refractivity contribution in [2.45, 2.75) is 219 Å². The van der Waals surface area contributed by atoms with Crippen molar-refractivity contribution >= 4 is 17.9 Å². The Morgan fingerprint density at radius 2 is 0.952 bits per heavy atom. The van der Waals surface area contributed by atoms with Crippen LogP contribution in [0.3, 0.4) is 0 Å². The van der Waals surface area contributed by atoms with Gasteiger partial charge in [-0.05, 0) is 70.6 Å². The number of likely N-dealkylation sites (N-methyl/N-ethyl adjacent to an activating group) is 1. The molecule has 0 N–H and O–H groups in total. The third-order valence-electron chi connectivity index (χ3n) is 11.1. The van der Waals surface area contributed by atoms with Crippen LogP contribution in [0.2, 0.25) is 0 Å². The first-order valence-corrected chi connectivity index (χ1v) is 25.5. The lowest BCUT2D eigenvalue weighted by Crippen LogP contribution is -2.55. The summed E-state index contributed by atoms with van der Waals surface area (Å²) in [5, 5.41) is 11.7. The molecule has 0 amide bonds. The Morgan fingerprint density at radius 1 is 0.508 bits per heavy atom. The van der Waals surface area contributed by atoms with Gasteiger partial charge in [0.15, 0.2) is 6.10 Å². The van der Waals surface area contributed by atoms with E-state index in [1.807, 2.05) is 0 Å². The summed E-state index contributed by atoms with van der Waals surface area (Å²) in [4.78, 5) is 37.0. The van der Waals surface area contributed by atoms with Crippen molar-refractivity contribution in [3.05, 3.63) is 72.9 Å². The van der Waals surface area contributed by atoms with E-state index in [-0.39, 0.29) is 42.7 Å². The average Bonchev–Trinajstić information content (AvgIpc) is 3.24. The number of hydrogen-bond acceptors (Lipinski definition) is 7. The van der Waals surface area contributed by atoms with Gasteiger partial charge in [0, 0.05) is 19.3 Å². The van der Waals surface area contributed by atoms with Crippen molar-refractivity contribution in [2.24, 2.45) is 0 Å². The molecule has 2 unspecified atom stereocenters. The van der Waals surface area contributed by atoms with Crippen molar-refractivity contribution in [3.63, 3.8) is 0 Å². The van der Waals surface area contributed by atoms with Crippen molar-refractivity contribution in [2.75, 3.05) is 41.0 Å². The number of ether oxygens (including phenoxy) is 3. The summed E-state index contributed by atoms with van der Waals surface area (Å²) in [5.74, 6) is -1.77. The van der Waals surface area contributed by atoms with Gasteiger partial charge < -0.3 is 28.6 Å². The molecule has 0 aliphatic carbocycles. The molecule has 0 radical (unpaired) electrons. The highest BCUT2D eigenvalue weighted by Gasteiger charge is 2.25. The molecule has 8 heteroatoms. The molecule has 0 heterocycles. The van der Waals surface area contributed by atoms with Crippen molar-refractivity contribution in [1.29, 1.82) is 0 Å². The first-order valence-electron chi connectivity index (χ1n) is 25.5. The summed E-state index contributed by atoms with van der Waals surface area (Å²) in [6.07, 6.45) is 57.8. The highest BCUT2D eigenvalue weighted by Crippen LogP contribution is 2.15. The molecule has 2 atom stereocenters. The molecule has 0 rings (SSSR count). The van der Waals surface area contributed by atoms with Gasteiger partial charge in [0.05, 0.1) is 40.3 Å². The predicted molar refractivity (Wildman–Crippen MR) is 263 cm³/mol. The smallest absolute Gasteiger partial charge is 0.306 e. The standard InChI is InChI=1S/C55H95NO7/c1-6-8-10-12-14-16-18-20-22-24-26-27-28-30-31-33-35-37-39-41-43-45-53(57)62-50-51(49-61-48-47-52(55(59)60)56(3,4)5)63-54(58)46-44-42-40-38-36-34-32-29-25-23-21-19-17-15-13-11-9-7-2/h8,10,14,16,19-23,25,29,32,51-52H,6-7,9,11-13,15,17-18,24,26-28,30-31,33-50H2,1-5H3/b10-8+,16-14+,21-19+,22-20+,25-23+,32-29+. The van der Waals surface area contributed by atoms with Crippen LogP contribution in [-0.2, 0) is 28.6 Å². The number of allylic oxidation sites excluding steroid dienone is 12. The number of quaternary nitrogens is 1. The van der Waals surface area contributed by atoms with E-state index in [4.69, 9.17) is 14.2 Å². The molecule has 0 fully saturated rings. The number of unbranched alkanes of at least 4 members (excludes halogenated alkanes) is 21. The molecular formula is C55H95NO7. The third kappa shape index (κ3) is 43.8. The number of carboxylic acid groups (broad SMARTS) is 1. The molecule has 0 bridgehead atoms. The van der Waals surface area contributed by atoms with Crippen LogP contribution in [0.1, 0.15) is 206 Å². The Bertz CT molecular complexity index is 1260. The van der Waals surface area contributed by atoms with Gasteiger partial charge in [-0.15, -0.1) is 0 Å². The lowest BCUT2D eigenvalue weighted by molar-refractivity contribution is -0.889. The van der Waals surface area contributed by atoms with Crippen molar-refractivity contribution in [3.8, 4) is 0 Å². The minimum absolute atomic E-state index is 0.0290. The average molecular weight is 882 g/mol. The number of carboxylic acids is 1. The number of nitrogens with zero attached hydrogens (tertiary/aromatic N) is 1. The normalized spacial score (nSPS) is 13.5. The van der Waals surface area contributed by atoms with Crippen LogP contribution in [0.25, 0.3) is 0 Å². The summed E-state index contributed by atoms with van der Waals surface area (Å²) in [6, 6.07) is -0.733. The minimum Gasteiger partial charge on any atom is -0.544 e. The van der Waals surface area contributed by atoms with Crippen molar-refractivity contribution < 1.29 is 38.2 Å². The van der Waals surface area contributed by atoms with E-state index in [0.717, 1.165) is 83.5 Å². The fourth-order valence-electron chi connectivity index (χ4n) is 7.20. The molecule has 8 nitrogen and oxygen atoms in total. The van der Waals surface area contributed by atoms with Crippen LogP contribution < -0.4 is 5.11 Å². The number of carbonyl (C=O) groups excluding carboxylic acids is 3. The molecule has 0 aliphatic rings. The van der Waals surface area contributed by atoms with Gasteiger partial charge in [0.1, 0.15) is 12.6 Å². The Morgan fingerprint density at radius 3 is 1.44 bits per heavy atom. The second kappa shape index (κ2) is 45.3. The van der Waals surface area contributed by atoms with E-state index in [9.17, 15) is 19.5 Å². The van der Waals surface area contributed by atoms with Gasteiger partial charge in [0.2, 0.25) is 0 Å². The van der Waals surface area contributed by atoms with E-state index in [1.54, 1.807) is 21.1 Å². The maximum atomic E-state index is 12.8. The minimum atomic E-state index is -1.13. The molecule has 0 aromatic heterocycles. The molecule has 0 aliphatic heterocycles. The largest absolute Gasteiger partial charge is 0.544 e. The number of aliphatic carboxylic acids is 1. The van der Waals surface area contributed by atoms with E-state index in [2.05, 4.69) is 86.8 Å². The molecule has 0 saturated carbocycles. The summed E-state index contributed by atoms with van der Waals surface area (Å²) in [6.45, 7) is 4.52. The van der Waals surface area contributed by atoms with Crippen LogP contribution in [-0.4, -0.2) is 75.5 Å². The van der Waals surface area contributed by atoms with E-state index < -0.39 is 18.1 Å². The van der Waals surface area contributed by atoms with E-state index >= 15 is 0 Å². The first kappa shape index (κ1) is 59.8. The van der Waals surface area contributed by atoms with Crippen LogP contribution in [0, 0.1) is 0 Å². The third-order valence-corrected chi connectivity index (χ3v) is 11.1. The Labute approximate surface area is 387 Å². The Hall–Kier alpha value is -3.23. The van der Waals surface area contributed by atoms with Crippen LogP contribution in [0.4, 0.5) is 0 Å². The number of rotatable bonds is 45. The topological polar surface area (TPSA) is 102 Å². The van der Waals surface area contributed by atoms with Crippen LogP contribution in [0.5, 0.6) is 0 Å². The van der Waals surface area contributed by atoms with Gasteiger partial charge in [-0.1, -0.05) is 189 Å². The van der Waals surface area contributed by atoms with Crippen molar-refractivity contribution in [1.82, 2.24) is 0 Å². The highest BCUT2D eigenvalue weighted by molar-refractivity contribution is 5.70. The number of hydrogen-bond donors (Lipinski definition) is 0. The van der Waals surface area contributed by atoms with Gasteiger partial charge >= 0.3 is 11.9 Å². The van der Waals surface area contributed by atoms with Gasteiger partial charge in [-0.2, -0.15) is 0 Å². The van der Waals surface area contributed by atoms with Gasteiger partial charge in [-0.25, -0.2) is 0 Å². The summed E-state index contributed by atoms with van der Waals surface area (Å²) < 4.78 is 17.2. The zero-order valence-electron chi connectivity index (χ0n) is 41.2. The fourth-order valence-corrected chi connectivity index (χ4v) is 7.20. The molecular weight excluding hydrogens is 787 g/mol. The van der Waals surface area contributed by atoms with Crippen LogP contribution in [0.15, 0.2) is 72.9 Å². The zero-order chi connectivity index (χ0) is 46.3. The van der Waals surface area contributed by atoms with E-state index in [0.29, 0.717) is 12.8 Å². The van der Waals surface area contributed by atoms with Gasteiger partial charge in [-0.3, -0.25) is 9.59 Å². The molecule has 0 aromatic rings. The van der Waals surface area contributed by atoms with Crippen LogP contribution >= 0.6 is 0 Å². The number of carbonyl (C=O) groups is 3. The summed E-state index contributed by atoms with van der Waals surface area (Å²) in [5.41, 5.74) is 0. The monoisotopic (exact) mass is 882 g/mol. The fraction of sp³-hybridized carbons (Fsp3) is 0.727. The molecule has 0 saturated heterocycles. The zero-order valence-corrected chi connectivity index (χ0v) is 41.2. The lowest BCUT2D eigenvalue weighted by atomic mass is 10.0. The highest BCUT2D eigenvalue weighted by atomic mass is 16.6. The second-order valence-corrected chi connectivity index (χ2v) is 18.1. The summed E-state index contributed by atoms with van der Waals surface area (Å²) in [7, 11) is 5.40. The van der Waals surface area contributed by atoms with E-state index in [1.165, 1.54) is 89.9 Å². The maximum Gasteiger partial charge on any atom is 0.306 e.